The van der Waals surface area contributed by atoms with E-state index in [1.165, 1.54) is 0 Å². The quantitative estimate of drug-likeness (QED) is 0.643. The second-order valence-corrected chi connectivity index (χ2v) is 6.30. The van der Waals surface area contributed by atoms with Crippen LogP contribution in [0.2, 0.25) is 0 Å². The summed E-state index contributed by atoms with van der Waals surface area (Å²) < 4.78 is 5.26. The van der Waals surface area contributed by atoms with Crippen LogP contribution in [0, 0.1) is 0 Å². The summed E-state index contributed by atoms with van der Waals surface area (Å²) in [5.41, 5.74) is 5.03. The van der Waals surface area contributed by atoms with Crippen molar-refractivity contribution < 1.29 is 9.53 Å². The third-order valence-corrected chi connectivity index (χ3v) is 3.22. The molecule has 0 radical (unpaired) electrons. The van der Waals surface area contributed by atoms with Crippen molar-refractivity contribution in [3.8, 4) is 0 Å². The Hall–Kier alpha value is -0.810. The Bertz CT molecular complexity index is 276. The number of carbonyl (C=O) groups is 1. The maximum absolute atomic E-state index is 11.7. The fourth-order valence-corrected chi connectivity index (χ4v) is 2.35. The molecule has 4 N–H and O–H groups in total. The van der Waals surface area contributed by atoms with Gasteiger partial charge in [0.1, 0.15) is 5.60 Å². The molecule has 0 heterocycles. The Balaban J connectivity index is 2.16. The molecule has 0 aromatic carbocycles. The van der Waals surface area contributed by atoms with Crippen LogP contribution in [0.25, 0.3) is 0 Å². The van der Waals surface area contributed by atoms with Crippen LogP contribution in [0.3, 0.4) is 0 Å². The maximum atomic E-state index is 11.7. The summed E-state index contributed by atoms with van der Waals surface area (Å²) >= 11 is 0. The van der Waals surface area contributed by atoms with E-state index in [0.717, 1.165) is 45.2 Å². The summed E-state index contributed by atoms with van der Waals surface area (Å²) in [5.74, 6) is 0. The standard InChI is InChI=1S/C14H29N3O2/c1-14(2,3)19-13(18)17-12-7-6-11(10-12)16-9-5-4-8-15/h11-12,16H,4-10,15H2,1-3H3,(H,17,18). The molecule has 2 unspecified atom stereocenters. The third-order valence-electron chi connectivity index (χ3n) is 3.22. The summed E-state index contributed by atoms with van der Waals surface area (Å²) in [6.07, 6.45) is 5.01. The van der Waals surface area contributed by atoms with Gasteiger partial charge < -0.3 is 21.1 Å². The Morgan fingerprint density at radius 3 is 2.58 bits per heavy atom. The first-order chi connectivity index (χ1) is 8.90. The first kappa shape index (κ1) is 16.2. The molecule has 1 fully saturated rings. The molecule has 1 aliphatic rings. The highest BCUT2D eigenvalue weighted by Crippen LogP contribution is 2.19. The molecule has 0 aromatic rings. The van der Waals surface area contributed by atoms with E-state index < -0.39 is 5.60 Å². The maximum Gasteiger partial charge on any atom is 0.407 e. The fourth-order valence-electron chi connectivity index (χ4n) is 2.35. The Morgan fingerprint density at radius 2 is 1.95 bits per heavy atom. The molecule has 1 saturated carbocycles. The average Bonchev–Trinajstić information content (AvgIpc) is 2.69. The summed E-state index contributed by atoms with van der Waals surface area (Å²) in [6, 6.07) is 0.750. The summed E-state index contributed by atoms with van der Waals surface area (Å²) in [6.45, 7) is 7.41. The van der Waals surface area contributed by atoms with Crippen LogP contribution in [-0.4, -0.2) is 36.9 Å². The van der Waals surface area contributed by atoms with Crippen LogP contribution in [0.4, 0.5) is 4.79 Å². The van der Waals surface area contributed by atoms with Crippen molar-refractivity contribution >= 4 is 6.09 Å². The van der Waals surface area contributed by atoms with E-state index in [0.29, 0.717) is 6.04 Å². The van der Waals surface area contributed by atoms with Crippen molar-refractivity contribution in [2.75, 3.05) is 13.1 Å². The van der Waals surface area contributed by atoms with Gasteiger partial charge in [-0.25, -0.2) is 4.79 Å². The van der Waals surface area contributed by atoms with Gasteiger partial charge in [0.05, 0.1) is 0 Å². The molecule has 112 valence electrons. The van der Waals surface area contributed by atoms with Gasteiger partial charge in [-0.3, -0.25) is 0 Å². The summed E-state index contributed by atoms with van der Waals surface area (Å²) in [4.78, 5) is 11.7. The first-order valence-corrected chi connectivity index (χ1v) is 7.33. The molecule has 19 heavy (non-hydrogen) atoms. The van der Waals surface area contributed by atoms with Gasteiger partial charge in [-0.2, -0.15) is 0 Å². The zero-order valence-electron chi connectivity index (χ0n) is 12.5. The molecule has 1 rings (SSSR count). The average molecular weight is 271 g/mol. The normalized spacial score (nSPS) is 23.4. The largest absolute Gasteiger partial charge is 0.444 e. The third kappa shape index (κ3) is 7.38. The van der Waals surface area contributed by atoms with Gasteiger partial charge in [-0.1, -0.05) is 0 Å². The van der Waals surface area contributed by atoms with Crippen molar-refractivity contribution in [2.24, 2.45) is 5.73 Å². The summed E-state index contributed by atoms with van der Waals surface area (Å²) in [7, 11) is 0. The monoisotopic (exact) mass is 271 g/mol. The van der Waals surface area contributed by atoms with E-state index in [1.54, 1.807) is 0 Å². The Labute approximate surface area is 116 Å². The number of rotatable bonds is 6. The Kier molecular flexibility index (Phi) is 6.58. The van der Waals surface area contributed by atoms with Crippen molar-refractivity contribution in [2.45, 2.75) is 70.6 Å². The molecular formula is C14H29N3O2. The first-order valence-electron chi connectivity index (χ1n) is 7.33. The van der Waals surface area contributed by atoms with E-state index in [-0.39, 0.29) is 12.1 Å². The number of nitrogens with two attached hydrogens (primary N) is 1. The summed E-state index contributed by atoms with van der Waals surface area (Å²) in [5, 5.41) is 6.47. The molecule has 0 bridgehead atoms. The zero-order chi connectivity index (χ0) is 14.3. The van der Waals surface area contributed by atoms with E-state index in [1.807, 2.05) is 20.8 Å². The van der Waals surface area contributed by atoms with Crippen LogP contribution in [0.15, 0.2) is 0 Å². The molecule has 5 nitrogen and oxygen atoms in total. The number of nitrogens with one attached hydrogen (secondary N) is 2. The lowest BCUT2D eigenvalue weighted by molar-refractivity contribution is 0.0505. The van der Waals surface area contributed by atoms with Gasteiger partial charge in [0.15, 0.2) is 0 Å². The predicted molar refractivity (Wildman–Crippen MR) is 77.1 cm³/mol. The lowest BCUT2D eigenvalue weighted by atomic mass is 10.2. The number of amides is 1. The van der Waals surface area contributed by atoms with Gasteiger partial charge in [-0.15, -0.1) is 0 Å². The van der Waals surface area contributed by atoms with E-state index in [4.69, 9.17) is 10.5 Å². The molecular weight excluding hydrogens is 242 g/mol. The van der Waals surface area contributed by atoms with Crippen molar-refractivity contribution in [1.82, 2.24) is 10.6 Å². The minimum atomic E-state index is -0.428. The SMILES string of the molecule is CC(C)(C)OC(=O)NC1CCC(NCCCCN)C1. The minimum absolute atomic E-state index is 0.238. The molecule has 0 aromatic heterocycles. The molecule has 2 atom stereocenters. The lowest BCUT2D eigenvalue weighted by Gasteiger charge is -2.21. The number of hydrogen-bond donors (Lipinski definition) is 3. The number of ether oxygens (including phenoxy) is 1. The zero-order valence-corrected chi connectivity index (χ0v) is 12.5. The van der Waals surface area contributed by atoms with Crippen LogP contribution in [0.1, 0.15) is 52.9 Å². The second-order valence-electron chi connectivity index (χ2n) is 6.30. The van der Waals surface area contributed by atoms with Gasteiger partial charge >= 0.3 is 6.09 Å². The van der Waals surface area contributed by atoms with Crippen molar-refractivity contribution in [3.63, 3.8) is 0 Å². The highest BCUT2D eigenvalue weighted by molar-refractivity contribution is 5.68. The van der Waals surface area contributed by atoms with E-state index in [2.05, 4.69) is 10.6 Å². The minimum Gasteiger partial charge on any atom is -0.444 e. The number of unbranched alkanes of at least 4 members (excludes halogenated alkanes) is 1. The predicted octanol–water partition coefficient (Wildman–Crippen LogP) is 1.76. The molecule has 1 amide bonds. The molecule has 0 saturated heterocycles. The van der Waals surface area contributed by atoms with Crippen molar-refractivity contribution in [1.29, 1.82) is 0 Å². The smallest absolute Gasteiger partial charge is 0.407 e. The molecule has 0 aliphatic heterocycles. The fraction of sp³-hybridized carbons (Fsp3) is 0.929. The van der Waals surface area contributed by atoms with E-state index in [9.17, 15) is 4.79 Å². The molecule has 5 heteroatoms. The van der Waals surface area contributed by atoms with Crippen LogP contribution < -0.4 is 16.4 Å². The number of carbonyl (C=O) groups excluding carboxylic acids is 1. The second kappa shape index (κ2) is 7.70. The van der Waals surface area contributed by atoms with Gasteiger partial charge in [0.25, 0.3) is 0 Å². The van der Waals surface area contributed by atoms with Crippen LogP contribution in [-0.2, 0) is 4.74 Å². The highest BCUT2D eigenvalue weighted by atomic mass is 16.6. The van der Waals surface area contributed by atoms with Crippen LogP contribution in [0.5, 0.6) is 0 Å². The molecule has 0 spiro atoms. The topological polar surface area (TPSA) is 76.4 Å². The lowest BCUT2D eigenvalue weighted by Crippen LogP contribution is -2.39. The van der Waals surface area contributed by atoms with Gasteiger partial charge in [-0.05, 0) is 66.0 Å². The Morgan fingerprint density at radius 1 is 1.26 bits per heavy atom. The molecule has 1 aliphatic carbocycles. The van der Waals surface area contributed by atoms with Crippen molar-refractivity contribution in [3.05, 3.63) is 0 Å². The highest BCUT2D eigenvalue weighted by Gasteiger charge is 2.27. The van der Waals surface area contributed by atoms with Gasteiger partial charge in [0.2, 0.25) is 0 Å². The van der Waals surface area contributed by atoms with E-state index >= 15 is 0 Å². The van der Waals surface area contributed by atoms with Gasteiger partial charge in [0, 0.05) is 12.1 Å². The number of hydrogen-bond acceptors (Lipinski definition) is 4. The van der Waals surface area contributed by atoms with Crippen LogP contribution >= 0.6 is 0 Å². The number of alkyl carbamates (subject to hydrolysis) is 1.